The summed E-state index contributed by atoms with van der Waals surface area (Å²) in [6.07, 6.45) is 3.97. The maximum absolute atomic E-state index is 5.85. The van der Waals surface area contributed by atoms with E-state index in [1.54, 1.807) is 0 Å². The van der Waals surface area contributed by atoms with Gasteiger partial charge in [-0.3, -0.25) is 0 Å². The molecule has 1 aromatic rings. The monoisotopic (exact) mass is 291 g/mol. The molecule has 0 spiro atoms. The fraction of sp³-hybridized carbons (Fsp3) is 0.667. The zero-order valence-corrected chi connectivity index (χ0v) is 13.6. The van der Waals surface area contributed by atoms with E-state index in [-0.39, 0.29) is 0 Å². The van der Waals surface area contributed by atoms with Gasteiger partial charge in [0, 0.05) is 12.6 Å². The quantitative estimate of drug-likeness (QED) is 0.737. The van der Waals surface area contributed by atoms with Crippen molar-refractivity contribution >= 4 is 0 Å². The van der Waals surface area contributed by atoms with Gasteiger partial charge in [-0.15, -0.1) is 0 Å². The maximum Gasteiger partial charge on any atom is 0.161 e. The Morgan fingerprint density at radius 1 is 1.10 bits per heavy atom. The second-order valence-corrected chi connectivity index (χ2v) is 5.89. The van der Waals surface area contributed by atoms with Crippen molar-refractivity contribution in [1.82, 2.24) is 5.32 Å². The lowest BCUT2D eigenvalue weighted by Crippen LogP contribution is -2.35. The molecular formula is C18H29NO2. The summed E-state index contributed by atoms with van der Waals surface area (Å²) in [5.41, 5.74) is 0. The number of para-hydroxylation sites is 2. The number of hydrogen-bond acceptors (Lipinski definition) is 3. The van der Waals surface area contributed by atoms with Gasteiger partial charge in [0.15, 0.2) is 11.5 Å². The van der Waals surface area contributed by atoms with Crippen LogP contribution in [0.1, 0.15) is 40.0 Å². The molecule has 1 aliphatic carbocycles. The molecule has 2 rings (SSSR count). The van der Waals surface area contributed by atoms with E-state index in [4.69, 9.17) is 9.47 Å². The summed E-state index contributed by atoms with van der Waals surface area (Å²) in [5, 5.41) is 3.65. The van der Waals surface area contributed by atoms with Crippen LogP contribution in [0.3, 0.4) is 0 Å². The molecule has 1 saturated carbocycles. The van der Waals surface area contributed by atoms with Gasteiger partial charge >= 0.3 is 0 Å². The Bertz CT molecular complexity index is 421. The molecule has 0 aliphatic heterocycles. The average Bonchev–Trinajstić information content (AvgIpc) is 2.86. The van der Waals surface area contributed by atoms with Crippen molar-refractivity contribution in [3.05, 3.63) is 24.3 Å². The first-order valence-corrected chi connectivity index (χ1v) is 8.34. The summed E-state index contributed by atoms with van der Waals surface area (Å²) < 4.78 is 11.4. The minimum atomic E-state index is 0.653. The highest BCUT2D eigenvalue weighted by Gasteiger charge is 2.30. The number of benzene rings is 1. The van der Waals surface area contributed by atoms with Gasteiger partial charge in [-0.25, -0.2) is 0 Å². The van der Waals surface area contributed by atoms with Gasteiger partial charge in [-0.05, 0) is 43.7 Å². The van der Waals surface area contributed by atoms with Crippen LogP contribution in [0.4, 0.5) is 0 Å². The summed E-state index contributed by atoms with van der Waals surface area (Å²) in [4.78, 5) is 0. The zero-order valence-electron chi connectivity index (χ0n) is 13.6. The van der Waals surface area contributed by atoms with Crippen molar-refractivity contribution < 1.29 is 9.47 Å². The first-order chi connectivity index (χ1) is 10.3. The van der Waals surface area contributed by atoms with Crippen LogP contribution in [-0.2, 0) is 0 Å². The van der Waals surface area contributed by atoms with E-state index >= 15 is 0 Å². The number of nitrogens with one attached hydrogen (secondary N) is 1. The molecule has 1 aliphatic rings. The Labute approximate surface area is 129 Å². The molecule has 3 unspecified atom stereocenters. The molecule has 118 valence electrons. The van der Waals surface area contributed by atoms with Crippen LogP contribution in [0.15, 0.2) is 24.3 Å². The van der Waals surface area contributed by atoms with Crippen LogP contribution in [0.25, 0.3) is 0 Å². The SMILES string of the molecule is CCOc1ccccc1OCCNC1CCC(CC)C1C. The minimum Gasteiger partial charge on any atom is -0.490 e. The normalized spacial score (nSPS) is 25.0. The molecule has 1 aromatic carbocycles. The smallest absolute Gasteiger partial charge is 0.161 e. The molecule has 3 nitrogen and oxygen atoms in total. The third-order valence-corrected chi connectivity index (χ3v) is 4.67. The highest BCUT2D eigenvalue weighted by molar-refractivity contribution is 5.39. The Hall–Kier alpha value is -1.22. The minimum absolute atomic E-state index is 0.653. The maximum atomic E-state index is 5.85. The van der Waals surface area contributed by atoms with Gasteiger partial charge in [-0.1, -0.05) is 32.4 Å². The Morgan fingerprint density at radius 3 is 2.43 bits per heavy atom. The van der Waals surface area contributed by atoms with E-state index in [0.717, 1.165) is 29.9 Å². The molecule has 0 radical (unpaired) electrons. The van der Waals surface area contributed by atoms with E-state index in [0.29, 0.717) is 19.3 Å². The second-order valence-electron chi connectivity index (χ2n) is 5.89. The van der Waals surface area contributed by atoms with Crippen molar-refractivity contribution in [2.45, 2.75) is 46.1 Å². The lowest BCUT2D eigenvalue weighted by molar-refractivity contribution is 0.263. The van der Waals surface area contributed by atoms with E-state index in [2.05, 4.69) is 19.2 Å². The van der Waals surface area contributed by atoms with E-state index in [1.165, 1.54) is 19.3 Å². The predicted molar refractivity (Wildman–Crippen MR) is 87.1 cm³/mol. The highest BCUT2D eigenvalue weighted by Crippen LogP contribution is 2.33. The van der Waals surface area contributed by atoms with Crippen molar-refractivity contribution in [1.29, 1.82) is 0 Å². The number of rotatable bonds is 8. The summed E-state index contributed by atoms with van der Waals surface area (Å²) in [7, 11) is 0. The molecule has 0 aromatic heterocycles. The van der Waals surface area contributed by atoms with Crippen LogP contribution in [-0.4, -0.2) is 25.8 Å². The summed E-state index contributed by atoms with van der Waals surface area (Å²) in [5.74, 6) is 3.35. The van der Waals surface area contributed by atoms with Crippen molar-refractivity contribution in [3.63, 3.8) is 0 Å². The first-order valence-electron chi connectivity index (χ1n) is 8.34. The second kappa shape index (κ2) is 8.28. The standard InChI is InChI=1S/C18H29NO2/c1-4-15-10-11-16(14(15)3)19-12-13-21-18-9-7-6-8-17(18)20-5-2/h6-9,14-16,19H,4-5,10-13H2,1-3H3. The van der Waals surface area contributed by atoms with Gasteiger partial charge in [0.2, 0.25) is 0 Å². The molecule has 3 heteroatoms. The fourth-order valence-corrected chi connectivity index (χ4v) is 3.36. The molecule has 0 heterocycles. The third-order valence-electron chi connectivity index (χ3n) is 4.67. The van der Waals surface area contributed by atoms with Crippen LogP contribution in [0.2, 0.25) is 0 Å². The molecule has 3 atom stereocenters. The van der Waals surface area contributed by atoms with E-state index in [1.807, 2.05) is 31.2 Å². The van der Waals surface area contributed by atoms with E-state index < -0.39 is 0 Å². The van der Waals surface area contributed by atoms with Gasteiger partial charge in [-0.2, -0.15) is 0 Å². The topological polar surface area (TPSA) is 30.5 Å². The van der Waals surface area contributed by atoms with Crippen molar-refractivity contribution in [3.8, 4) is 11.5 Å². The van der Waals surface area contributed by atoms with Crippen molar-refractivity contribution in [2.75, 3.05) is 19.8 Å². The average molecular weight is 291 g/mol. The molecule has 1 N–H and O–H groups in total. The van der Waals surface area contributed by atoms with Crippen LogP contribution in [0, 0.1) is 11.8 Å². The molecule has 21 heavy (non-hydrogen) atoms. The molecule has 0 saturated heterocycles. The molecule has 0 bridgehead atoms. The lowest BCUT2D eigenvalue weighted by atomic mass is 9.93. The third kappa shape index (κ3) is 4.37. The number of ether oxygens (including phenoxy) is 2. The van der Waals surface area contributed by atoms with Crippen molar-refractivity contribution in [2.24, 2.45) is 11.8 Å². The molecule has 0 amide bonds. The van der Waals surface area contributed by atoms with E-state index in [9.17, 15) is 0 Å². The summed E-state index contributed by atoms with van der Waals surface area (Å²) in [6.45, 7) is 8.91. The van der Waals surface area contributed by atoms with Crippen LogP contribution in [0.5, 0.6) is 11.5 Å². The zero-order chi connectivity index (χ0) is 15.1. The van der Waals surface area contributed by atoms with Gasteiger partial charge in [0.05, 0.1) is 6.61 Å². The fourth-order valence-electron chi connectivity index (χ4n) is 3.36. The van der Waals surface area contributed by atoms with Gasteiger partial charge in [0.25, 0.3) is 0 Å². The summed E-state index contributed by atoms with van der Waals surface area (Å²) in [6, 6.07) is 8.53. The Balaban J connectivity index is 1.73. The van der Waals surface area contributed by atoms with Gasteiger partial charge < -0.3 is 14.8 Å². The Kier molecular flexibility index (Phi) is 6.37. The number of hydrogen-bond donors (Lipinski definition) is 1. The highest BCUT2D eigenvalue weighted by atomic mass is 16.5. The first kappa shape index (κ1) is 16.2. The molecular weight excluding hydrogens is 262 g/mol. The predicted octanol–water partition coefficient (Wildman–Crippen LogP) is 3.88. The van der Waals surface area contributed by atoms with Crippen LogP contribution < -0.4 is 14.8 Å². The lowest BCUT2D eigenvalue weighted by Gasteiger charge is -2.21. The summed E-state index contributed by atoms with van der Waals surface area (Å²) >= 11 is 0. The largest absolute Gasteiger partial charge is 0.490 e. The van der Waals surface area contributed by atoms with Crippen LogP contribution >= 0.6 is 0 Å². The Morgan fingerprint density at radius 2 is 1.81 bits per heavy atom. The van der Waals surface area contributed by atoms with Gasteiger partial charge in [0.1, 0.15) is 6.61 Å². The molecule has 1 fully saturated rings.